The van der Waals surface area contributed by atoms with Crippen LogP contribution in [0.1, 0.15) is 19.8 Å². The van der Waals surface area contributed by atoms with Gasteiger partial charge in [0.15, 0.2) is 0 Å². The molecule has 1 N–H and O–H groups in total. The van der Waals surface area contributed by atoms with Gasteiger partial charge >= 0.3 is 0 Å². The van der Waals surface area contributed by atoms with Gasteiger partial charge in [-0.3, -0.25) is 4.79 Å². The number of amides is 1. The van der Waals surface area contributed by atoms with Crippen LogP contribution in [0.15, 0.2) is 0 Å². The predicted octanol–water partition coefficient (Wildman–Crippen LogP) is 0.233. The van der Waals surface area contributed by atoms with E-state index in [1.807, 2.05) is 11.8 Å². The second-order valence-electron chi connectivity index (χ2n) is 3.56. The zero-order valence-corrected chi connectivity index (χ0v) is 9.08. The van der Waals surface area contributed by atoms with Crippen LogP contribution in [0.5, 0.6) is 0 Å². The van der Waals surface area contributed by atoms with Gasteiger partial charge in [0, 0.05) is 20.2 Å². The standard InChI is InChI=1S/C10H20N2O2/c1-3-12(7-8-14-2)10(13)9-5-4-6-11-9/h9,11H,3-8H2,1-2H3/t9-/m1/s1. The van der Waals surface area contributed by atoms with E-state index in [1.54, 1.807) is 7.11 Å². The maximum atomic E-state index is 11.9. The van der Waals surface area contributed by atoms with Gasteiger partial charge in [-0.2, -0.15) is 0 Å². The SMILES string of the molecule is CCN(CCOC)C(=O)[C@H]1CCCN1. The Morgan fingerprint density at radius 2 is 2.43 bits per heavy atom. The smallest absolute Gasteiger partial charge is 0.239 e. The first-order valence-corrected chi connectivity index (χ1v) is 5.30. The molecule has 1 amide bonds. The molecule has 4 heteroatoms. The zero-order chi connectivity index (χ0) is 10.4. The lowest BCUT2D eigenvalue weighted by molar-refractivity contribution is -0.133. The fourth-order valence-electron chi connectivity index (χ4n) is 1.74. The Morgan fingerprint density at radius 1 is 1.64 bits per heavy atom. The highest BCUT2D eigenvalue weighted by atomic mass is 16.5. The highest BCUT2D eigenvalue weighted by Gasteiger charge is 2.25. The normalized spacial score (nSPS) is 21.1. The third-order valence-electron chi connectivity index (χ3n) is 2.62. The van der Waals surface area contributed by atoms with E-state index in [4.69, 9.17) is 4.74 Å². The van der Waals surface area contributed by atoms with E-state index in [0.717, 1.165) is 25.9 Å². The number of carbonyl (C=O) groups is 1. The molecule has 0 unspecified atom stereocenters. The first-order chi connectivity index (χ1) is 6.79. The first-order valence-electron chi connectivity index (χ1n) is 5.30. The first kappa shape index (κ1) is 11.5. The van der Waals surface area contributed by atoms with Gasteiger partial charge in [-0.25, -0.2) is 0 Å². The molecule has 0 saturated carbocycles. The van der Waals surface area contributed by atoms with Gasteiger partial charge in [0.2, 0.25) is 5.91 Å². The van der Waals surface area contributed by atoms with Crippen LogP contribution in [0, 0.1) is 0 Å². The molecule has 82 valence electrons. The van der Waals surface area contributed by atoms with Crippen molar-refractivity contribution in [2.24, 2.45) is 0 Å². The summed E-state index contributed by atoms with van der Waals surface area (Å²) in [5.41, 5.74) is 0. The van der Waals surface area contributed by atoms with Crippen LogP contribution in [-0.4, -0.2) is 50.2 Å². The lowest BCUT2D eigenvalue weighted by Gasteiger charge is -2.23. The number of methoxy groups -OCH3 is 1. The maximum Gasteiger partial charge on any atom is 0.239 e. The summed E-state index contributed by atoms with van der Waals surface area (Å²) in [5, 5.41) is 3.22. The largest absolute Gasteiger partial charge is 0.383 e. The molecule has 0 spiro atoms. The van der Waals surface area contributed by atoms with Crippen LogP contribution in [0.3, 0.4) is 0 Å². The minimum atomic E-state index is 0.0480. The van der Waals surface area contributed by atoms with Crippen molar-refractivity contribution in [2.45, 2.75) is 25.8 Å². The Hall–Kier alpha value is -0.610. The van der Waals surface area contributed by atoms with Crippen LogP contribution >= 0.6 is 0 Å². The van der Waals surface area contributed by atoms with E-state index in [2.05, 4.69) is 5.32 Å². The molecule has 0 radical (unpaired) electrons. The monoisotopic (exact) mass is 200 g/mol. The van der Waals surface area contributed by atoms with Gasteiger partial charge in [-0.15, -0.1) is 0 Å². The second-order valence-corrected chi connectivity index (χ2v) is 3.56. The summed E-state index contributed by atoms with van der Waals surface area (Å²) in [6, 6.07) is 0.0480. The third kappa shape index (κ3) is 2.96. The van der Waals surface area contributed by atoms with Gasteiger partial charge in [-0.05, 0) is 26.3 Å². The lowest BCUT2D eigenvalue weighted by atomic mass is 10.2. The van der Waals surface area contributed by atoms with Crippen LogP contribution in [-0.2, 0) is 9.53 Å². The molecule has 1 aliphatic heterocycles. The molecular weight excluding hydrogens is 180 g/mol. The molecule has 1 aliphatic rings. The molecule has 1 atom stereocenters. The molecule has 1 fully saturated rings. The van der Waals surface area contributed by atoms with Crippen molar-refractivity contribution in [3.63, 3.8) is 0 Å². The highest BCUT2D eigenvalue weighted by molar-refractivity contribution is 5.82. The molecule has 1 heterocycles. The van der Waals surface area contributed by atoms with E-state index < -0.39 is 0 Å². The number of hydrogen-bond acceptors (Lipinski definition) is 3. The number of likely N-dealkylation sites (N-methyl/N-ethyl adjacent to an activating group) is 1. The van der Waals surface area contributed by atoms with Crippen molar-refractivity contribution >= 4 is 5.91 Å². The van der Waals surface area contributed by atoms with Crippen LogP contribution < -0.4 is 5.32 Å². The fraction of sp³-hybridized carbons (Fsp3) is 0.900. The van der Waals surface area contributed by atoms with E-state index >= 15 is 0 Å². The van der Waals surface area contributed by atoms with Crippen molar-refractivity contribution in [1.82, 2.24) is 10.2 Å². The Bertz CT molecular complexity index is 179. The Balaban J connectivity index is 2.37. The molecule has 0 aromatic rings. The summed E-state index contributed by atoms with van der Waals surface area (Å²) in [5.74, 6) is 0.224. The second kappa shape index (κ2) is 5.98. The molecule has 14 heavy (non-hydrogen) atoms. The fourth-order valence-corrected chi connectivity index (χ4v) is 1.74. The van der Waals surface area contributed by atoms with Crippen LogP contribution in [0.25, 0.3) is 0 Å². The average Bonchev–Trinajstić information content (AvgIpc) is 2.71. The molecule has 0 bridgehead atoms. The molecule has 0 aliphatic carbocycles. The number of rotatable bonds is 5. The maximum absolute atomic E-state index is 11.9. The van der Waals surface area contributed by atoms with Gasteiger partial charge in [-0.1, -0.05) is 0 Å². The van der Waals surface area contributed by atoms with E-state index in [0.29, 0.717) is 13.2 Å². The number of hydrogen-bond donors (Lipinski definition) is 1. The topological polar surface area (TPSA) is 41.6 Å². The zero-order valence-electron chi connectivity index (χ0n) is 9.08. The Labute approximate surface area is 85.6 Å². The van der Waals surface area contributed by atoms with E-state index in [-0.39, 0.29) is 11.9 Å². The van der Waals surface area contributed by atoms with Crippen molar-refractivity contribution < 1.29 is 9.53 Å². The number of ether oxygens (including phenoxy) is 1. The minimum Gasteiger partial charge on any atom is -0.383 e. The summed E-state index contributed by atoms with van der Waals surface area (Å²) in [4.78, 5) is 13.7. The van der Waals surface area contributed by atoms with Gasteiger partial charge in [0.05, 0.1) is 12.6 Å². The molecule has 1 saturated heterocycles. The van der Waals surface area contributed by atoms with Gasteiger partial charge in [0.25, 0.3) is 0 Å². The summed E-state index contributed by atoms with van der Waals surface area (Å²) in [6.45, 7) is 5.05. The Kier molecular flexibility index (Phi) is 4.90. The lowest BCUT2D eigenvalue weighted by Crippen LogP contribution is -2.44. The number of nitrogens with one attached hydrogen (secondary N) is 1. The summed E-state index contributed by atoms with van der Waals surface area (Å²) < 4.78 is 4.97. The molecular formula is C10H20N2O2. The highest BCUT2D eigenvalue weighted by Crippen LogP contribution is 2.08. The predicted molar refractivity (Wildman–Crippen MR) is 55.2 cm³/mol. The summed E-state index contributed by atoms with van der Waals surface area (Å²) in [7, 11) is 1.66. The van der Waals surface area contributed by atoms with Crippen molar-refractivity contribution in [3.8, 4) is 0 Å². The quantitative estimate of drug-likeness (QED) is 0.691. The van der Waals surface area contributed by atoms with E-state index in [1.165, 1.54) is 0 Å². The minimum absolute atomic E-state index is 0.0480. The van der Waals surface area contributed by atoms with Crippen LogP contribution in [0.4, 0.5) is 0 Å². The number of carbonyl (C=O) groups excluding carboxylic acids is 1. The van der Waals surface area contributed by atoms with E-state index in [9.17, 15) is 4.79 Å². The third-order valence-corrected chi connectivity index (χ3v) is 2.62. The Morgan fingerprint density at radius 3 is 2.93 bits per heavy atom. The molecule has 0 aromatic carbocycles. The van der Waals surface area contributed by atoms with Crippen molar-refractivity contribution in [1.29, 1.82) is 0 Å². The summed E-state index contributed by atoms with van der Waals surface area (Å²) in [6.07, 6.45) is 2.08. The van der Waals surface area contributed by atoms with Crippen LogP contribution in [0.2, 0.25) is 0 Å². The molecule has 4 nitrogen and oxygen atoms in total. The molecule has 1 rings (SSSR count). The van der Waals surface area contributed by atoms with Gasteiger partial charge in [0.1, 0.15) is 0 Å². The number of nitrogens with zero attached hydrogens (tertiary/aromatic N) is 1. The van der Waals surface area contributed by atoms with Gasteiger partial charge < -0.3 is 15.0 Å². The molecule has 0 aromatic heterocycles. The van der Waals surface area contributed by atoms with Crippen molar-refractivity contribution in [2.75, 3.05) is 33.4 Å². The average molecular weight is 200 g/mol. The summed E-state index contributed by atoms with van der Waals surface area (Å²) >= 11 is 0. The van der Waals surface area contributed by atoms with Crippen molar-refractivity contribution in [3.05, 3.63) is 0 Å².